The highest BCUT2D eigenvalue weighted by atomic mass is 16.2. The van der Waals surface area contributed by atoms with Crippen molar-refractivity contribution in [3.63, 3.8) is 0 Å². The summed E-state index contributed by atoms with van der Waals surface area (Å²) in [5.41, 5.74) is 5.81. The van der Waals surface area contributed by atoms with E-state index in [-0.39, 0.29) is 5.91 Å². The Hall–Kier alpha value is -2.36. The lowest BCUT2D eigenvalue weighted by molar-refractivity contribution is -0.118. The number of nitrogens with one attached hydrogen (secondary N) is 1. The van der Waals surface area contributed by atoms with Crippen LogP contribution in [0.5, 0.6) is 0 Å². The van der Waals surface area contributed by atoms with E-state index in [1.165, 1.54) is 16.8 Å². The standard InChI is InChI=1S/C21H27N3O/c1-4-16(19-8-7-12-22-19)17-11-13-23-20-10-9-15(14-18(17)20)24(6-3)21(25)5-2/h4,8-10,12,14,17,23H,5-7,11,13H2,1-3H3/b16-4-. The van der Waals surface area contributed by atoms with Crippen molar-refractivity contribution in [3.05, 3.63) is 47.2 Å². The molecule has 0 saturated carbocycles. The van der Waals surface area contributed by atoms with Crippen molar-refractivity contribution in [2.24, 2.45) is 4.99 Å². The highest BCUT2D eigenvalue weighted by molar-refractivity contribution is 5.93. The molecular formula is C21H27N3O. The molecule has 4 heteroatoms. The first-order chi connectivity index (χ1) is 12.2. The van der Waals surface area contributed by atoms with E-state index in [4.69, 9.17) is 0 Å². The van der Waals surface area contributed by atoms with Crippen molar-refractivity contribution in [1.82, 2.24) is 0 Å². The van der Waals surface area contributed by atoms with Gasteiger partial charge in [-0.2, -0.15) is 0 Å². The lowest BCUT2D eigenvalue weighted by Gasteiger charge is -2.31. The van der Waals surface area contributed by atoms with E-state index in [1.807, 2.05) is 31.0 Å². The molecule has 1 unspecified atom stereocenters. The fourth-order valence-electron chi connectivity index (χ4n) is 3.78. The van der Waals surface area contributed by atoms with Crippen LogP contribution >= 0.6 is 0 Å². The molecule has 0 aliphatic carbocycles. The van der Waals surface area contributed by atoms with Crippen LogP contribution in [0.3, 0.4) is 0 Å². The number of allylic oxidation sites excluding steroid dienone is 3. The quantitative estimate of drug-likeness (QED) is 0.850. The molecule has 2 heterocycles. The number of carbonyl (C=O) groups excluding carboxylic acids is 1. The fraction of sp³-hybridized carbons (Fsp3) is 0.429. The van der Waals surface area contributed by atoms with Crippen LogP contribution in [0.25, 0.3) is 0 Å². The topological polar surface area (TPSA) is 44.7 Å². The van der Waals surface area contributed by atoms with E-state index >= 15 is 0 Å². The number of amides is 1. The molecule has 25 heavy (non-hydrogen) atoms. The molecule has 0 spiro atoms. The predicted octanol–water partition coefficient (Wildman–Crippen LogP) is 4.65. The number of aliphatic imine (C=N–C) groups is 1. The minimum absolute atomic E-state index is 0.164. The number of fused-ring (bicyclic) bond motifs is 1. The van der Waals surface area contributed by atoms with Gasteiger partial charge in [-0.25, -0.2) is 0 Å². The number of carbonyl (C=O) groups is 1. The van der Waals surface area contributed by atoms with Gasteiger partial charge in [0.05, 0.1) is 5.70 Å². The van der Waals surface area contributed by atoms with Crippen LogP contribution in [0.4, 0.5) is 11.4 Å². The summed E-state index contributed by atoms with van der Waals surface area (Å²) in [6, 6.07) is 6.35. The van der Waals surface area contributed by atoms with E-state index in [1.54, 1.807) is 0 Å². The van der Waals surface area contributed by atoms with Gasteiger partial charge in [0.2, 0.25) is 5.91 Å². The Labute approximate surface area is 150 Å². The minimum atomic E-state index is 0.164. The summed E-state index contributed by atoms with van der Waals surface area (Å²) in [4.78, 5) is 18.7. The lowest BCUT2D eigenvalue weighted by Crippen LogP contribution is -2.30. The van der Waals surface area contributed by atoms with Gasteiger partial charge in [-0.1, -0.05) is 19.1 Å². The van der Waals surface area contributed by atoms with Crippen molar-refractivity contribution < 1.29 is 4.79 Å². The van der Waals surface area contributed by atoms with Crippen LogP contribution < -0.4 is 10.2 Å². The molecule has 2 aliphatic rings. The number of hydrogen-bond donors (Lipinski definition) is 1. The third-order valence-corrected chi connectivity index (χ3v) is 5.02. The van der Waals surface area contributed by atoms with Gasteiger partial charge in [0.25, 0.3) is 0 Å². The van der Waals surface area contributed by atoms with Crippen LogP contribution in [0.2, 0.25) is 0 Å². The van der Waals surface area contributed by atoms with Crippen molar-refractivity contribution in [3.8, 4) is 0 Å². The third-order valence-electron chi connectivity index (χ3n) is 5.02. The van der Waals surface area contributed by atoms with Crippen LogP contribution in [0, 0.1) is 0 Å². The summed E-state index contributed by atoms with van der Waals surface area (Å²) < 4.78 is 0. The Bertz CT molecular complexity index is 746. The molecule has 0 radical (unpaired) electrons. The first kappa shape index (κ1) is 17.5. The van der Waals surface area contributed by atoms with Crippen molar-refractivity contribution >= 4 is 23.5 Å². The molecule has 0 saturated heterocycles. The van der Waals surface area contributed by atoms with Gasteiger partial charge in [-0.3, -0.25) is 9.79 Å². The SMILES string of the molecule is C/C=C(\C1=CCC=N1)C1CCNc2ccc(N(CC)C(=O)CC)cc21. The molecular weight excluding hydrogens is 310 g/mol. The molecule has 132 valence electrons. The second-order valence-corrected chi connectivity index (χ2v) is 6.41. The maximum Gasteiger partial charge on any atom is 0.226 e. The van der Waals surface area contributed by atoms with Gasteiger partial charge in [-0.15, -0.1) is 0 Å². The molecule has 1 amide bonds. The average Bonchev–Trinajstić information content (AvgIpc) is 3.17. The molecule has 2 aliphatic heterocycles. The second-order valence-electron chi connectivity index (χ2n) is 6.41. The average molecular weight is 337 g/mol. The Morgan fingerprint density at radius 2 is 2.24 bits per heavy atom. The maximum absolute atomic E-state index is 12.3. The normalized spacial score (nSPS) is 19.2. The summed E-state index contributed by atoms with van der Waals surface area (Å²) >= 11 is 0. The van der Waals surface area contributed by atoms with Crippen LogP contribution in [-0.4, -0.2) is 25.2 Å². The molecule has 4 nitrogen and oxygen atoms in total. The molecule has 0 aromatic heterocycles. The molecule has 1 aromatic rings. The Balaban J connectivity index is 2.00. The second kappa shape index (κ2) is 7.68. The summed E-state index contributed by atoms with van der Waals surface area (Å²) in [5.74, 6) is 0.482. The van der Waals surface area contributed by atoms with Gasteiger partial charge in [0.1, 0.15) is 0 Å². The minimum Gasteiger partial charge on any atom is -0.385 e. The molecule has 1 atom stereocenters. The van der Waals surface area contributed by atoms with Gasteiger partial charge in [0, 0.05) is 49.4 Å². The number of rotatable bonds is 5. The van der Waals surface area contributed by atoms with Crippen LogP contribution in [-0.2, 0) is 4.79 Å². The Kier molecular flexibility index (Phi) is 5.37. The first-order valence-electron chi connectivity index (χ1n) is 9.27. The maximum atomic E-state index is 12.3. The fourth-order valence-corrected chi connectivity index (χ4v) is 3.78. The predicted molar refractivity (Wildman–Crippen MR) is 106 cm³/mol. The molecule has 1 N–H and O–H groups in total. The third kappa shape index (κ3) is 3.39. The highest BCUT2D eigenvalue weighted by Crippen LogP contribution is 2.41. The van der Waals surface area contributed by atoms with E-state index in [0.29, 0.717) is 18.9 Å². The number of benzene rings is 1. The van der Waals surface area contributed by atoms with Gasteiger partial charge in [-0.05, 0) is 49.6 Å². The molecule has 1 aromatic carbocycles. The van der Waals surface area contributed by atoms with Gasteiger partial charge >= 0.3 is 0 Å². The van der Waals surface area contributed by atoms with E-state index in [0.717, 1.165) is 30.8 Å². The first-order valence-corrected chi connectivity index (χ1v) is 9.27. The van der Waals surface area contributed by atoms with Crippen molar-refractivity contribution in [2.75, 3.05) is 23.3 Å². The molecule has 3 rings (SSSR count). The molecule has 0 bridgehead atoms. The zero-order chi connectivity index (χ0) is 17.8. The van der Waals surface area contributed by atoms with E-state index in [9.17, 15) is 4.79 Å². The number of hydrogen-bond acceptors (Lipinski definition) is 3. The zero-order valence-electron chi connectivity index (χ0n) is 15.4. The van der Waals surface area contributed by atoms with Crippen LogP contribution in [0.1, 0.15) is 51.5 Å². The van der Waals surface area contributed by atoms with E-state index < -0.39 is 0 Å². The van der Waals surface area contributed by atoms with Gasteiger partial charge < -0.3 is 10.2 Å². The number of anilines is 2. The van der Waals surface area contributed by atoms with Crippen LogP contribution in [0.15, 0.2) is 46.6 Å². The summed E-state index contributed by atoms with van der Waals surface area (Å²) in [5, 5.41) is 3.50. The summed E-state index contributed by atoms with van der Waals surface area (Å²) in [7, 11) is 0. The van der Waals surface area contributed by atoms with Crippen molar-refractivity contribution in [1.29, 1.82) is 0 Å². The number of nitrogens with zero attached hydrogens (tertiary/aromatic N) is 2. The zero-order valence-corrected chi connectivity index (χ0v) is 15.4. The Morgan fingerprint density at radius 1 is 1.40 bits per heavy atom. The summed E-state index contributed by atoms with van der Waals surface area (Å²) in [6.07, 6.45) is 8.83. The van der Waals surface area contributed by atoms with Crippen molar-refractivity contribution in [2.45, 2.75) is 46.0 Å². The monoisotopic (exact) mass is 337 g/mol. The summed E-state index contributed by atoms with van der Waals surface area (Å²) in [6.45, 7) is 7.68. The smallest absolute Gasteiger partial charge is 0.226 e. The highest BCUT2D eigenvalue weighted by Gasteiger charge is 2.26. The van der Waals surface area contributed by atoms with Gasteiger partial charge in [0.15, 0.2) is 0 Å². The van der Waals surface area contributed by atoms with E-state index in [2.05, 4.69) is 41.5 Å². The molecule has 0 fully saturated rings. The largest absolute Gasteiger partial charge is 0.385 e. The Morgan fingerprint density at radius 3 is 2.88 bits per heavy atom. The lowest BCUT2D eigenvalue weighted by atomic mass is 9.83.